The highest BCUT2D eigenvalue weighted by atomic mass is 16.7. The average molecular weight is 1170 g/mol. The van der Waals surface area contributed by atoms with Crippen molar-refractivity contribution in [3.8, 4) is 0 Å². The highest BCUT2D eigenvalue weighted by Crippen LogP contribution is 2.26. The standard InChI is InChI=1S/C72H127NO10/c1-4-7-10-13-16-19-22-24-26-28-30-32-33-34-36-38-40-42-45-48-51-54-57-60-67(77)83-70-69(79)68(78)66(61-74)82-72(70)81-62-63(64(75)58-55-52-49-46-43-21-18-15-12-9-6-3)73-71(80)65(76)59-56-53-50-47-44-41-39-37-35-31-29-27-25-23-20-17-14-11-8-5-2/h16-17,19-20,24-27,31,35,39,41,55,58,63-66,68-70,72,74-76,78-79H,4-15,18,21-23,28-30,32-34,36-38,40,42-54,56-57,59-62H2,1-3H3,(H,73,80)/b19-16-,20-17-,26-24-,27-25-,35-31-,41-39-,58-55+. The molecule has 1 fully saturated rings. The molecule has 1 amide bonds. The highest BCUT2D eigenvalue weighted by Gasteiger charge is 2.47. The molecular formula is C72H127NO10. The third-order valence-corrected chi connectivity index (χ3v) is 15.8. The van der Waals surface area contributed by atoms with Crippen molar-refractivity contribution in [2.75, 3.05) is 13.2 Å². The Morgan fingerprint density at radius 3 is 1.27 bits per heavy atom. The monoisotopic (exact) mass is 1170 g/mol. The van der Waals surface area contributed by atoms with Crippen LogP contribution in [-0.2, 0) is 23.8 Å². The molecular weight excluding hydrogens is 1040 g/mol. The Morgan fingerprint density at radius 2 is 0.831 bits per heavy atom. The second-order valence-corrected chi connectivity index (χ2v) is 23.6. The van der Waals surface area contributed by atoms with Crippen molar-refractivity contribution in [3.63, 3.8) is 0 Å². The van der Waals surface area contributed by atoms with Gasteiger partial charge in [0.15, 0.2) is 12.4 Å². The van der Waals surface area contributed by atoms with Crippen molar-refractivity contribution in [1.82, 2.24) is 5.32 Å². The molecule has 6 N–H and O–H groups in total. The summed E-state index contributed by atoms with van der Waals surface area (Å²) in [6.07, 6.45) is 67.6. The molecule has 8 atom stereocenters. The van der Waals surface area contributed by atoms with Crippen molar-refractivity contribution < 1.29 is 49.3 Å². The number of ether oxygens (including phenoxy) is 3. The first-order valence-electron chi connectivity index (χ1n) is 34.4. The molecule has 0 aliphatic carbocycles. The maximum absolute atomic E-state index is 13.4. The van der Waals surface area contributed by atoms with Gasteiger partial charge in [-0.25, -0.2) is 0 Å². The van der Waals surface area contributed by atoms with Crippen molar-refractivity contribution in [3.05, 3.63) is 85.1 Å². The molecule has 1 aliphatic rings. The van der Waals surface area contributed by atoms with Crippen LogP contribution in [0.4, 0.5) is 0 Å². The Labute approximate surface area is 508 Å². The zero-order valence-corrected chi connectivity index (χ0v) is 53.3. The zero-order valence-electron chi connectivity index (χ0n) is 53.3. The van der Waals surface area contributed by atoms with Gasteiger partial charge in [0.2, 0.25) is 5.91 Å². The summed E-state index contributed by atoms with van der Waals surface area (Å²) in [6.45, 7) is 5.74. The SMILES string of the molecule is CCCCC/C=C\C/C=C\C/C=C\C/C=C\CCCCCCC(O)C(=O)NC(COC1OC(CO)C(O)C(O)C1OC(=O)CCCCCCCCCCCCCCC/C=C\C/C=C\CCCCC)C(O)/C=C/CCCCCCCCCCC. The lowest BCUT2D eigenvalue weighted by molar-refractivity contribution is -0.305. The fraction of sp³-hybridized carbons (Fsp3) is 0.778. The number of hydrogen-bond acceptors (Lipinski definition) is 10. The third kappa shape index (κ3) is 46.7. The molecule has 8 unspecified atom stereocenters. The number of nitrogens with one attached hydrogen (secondary N) is 1. The van der Waals surface area contributed by atoms with E-state index in [1.165, 1.54) is 161 Å². The molecule has 11 heteroatoms. The van der Waals surface area contributed by atoms with Gasteiger partial charge in [-0.05, 0) is 103 Å². The predicted molar refractivity (Wildman–Crippen MR) is 347 cm³/mol. The van der Waals surface area contributed by atoms with Crippen molar-refractivity contribution >= 4 is 11.9 Å². The van der Waals surface area contributed by atoms with E-state index in [9.17, 15) is 35.1 Å². The second-order valence-electron chi connectivity index (χ2n) is 23.6. The molecule has 1 heterocycles. The minimum absolute atomic E-state index is 0.118. The number of carbonyl (C=O) groups excluding carboxylic acids is 2. The number of amides is 1. The summed E-state index contributed by atoms with van der Waals surface area (Å²) >= 11 is 0. The molecule has 0 spiro atoms. The molecule has 1 aliphatic heterocycles. The van der Waals surface area contributed by atoms with Crippen LogP contribution in [0.1, 0.15) is 297 Å². The maximum Gasteiger partial charge on any atom is 0.306 e. The number of unbranched alkanes of at least 4 members (excludes halogenated alkanes) is 32. The number of carbonyl (C=O) groups is 2. The van der Waals surface area contributed by atoms with E-state index in [-0.39, 0.29) is 19.4 Å². The van der Waals surface area contributed by atoms with Crippen molar-refractivity contribution in [2.45, 2.75) is 346 Å². The van der Waals surface area contributed by atoms with Crippen LogP contribution in [0.3, 0.4) is 0 Å². The topological polar surface area (TPSA) is 175 Å². The molecule has 0 aromatic heterocycles. The van der Waals surface area contributed by atoms with Crippen molar-refractivity contribution in [2.24, 2.45) is 0 Å². The van der Waals surface area contributed by atoms with Gasteiger partial charge in [0.25, 0.3) is 0 Å². The molecule has 11 nitrogen and oxygen atoms in total. The van der Waals surface area contributed by atoms with Gasteiger partial charge in [0, 0.05) is 6.42 Å². The number of esters is 1. The van der Waals surface area contributed by atoms with Crippen LogP contribution in [0, 0.1) is 0 Å². The van der Waals surface area contributed by atoms with Crippen LogP contribution in [0.2, 0.25) is 0 Å². The summed E-state index contributed by atoms with van der Waals surface area (Å²) in [5.41, 5.74) is 0. The minimum atomic E-state index is -1.62. The van der Waals surface area contributed by atoms with Crippen LogP contribution < -0.4 is 5.32 Å². The second kappa shape index (κ2) is 59.2. The van der Waals surface area contributed by atoms with E-state index in [2.05, 4.69) is 99.0 Å². The Balaban J connectivity index is 2.60. The lowest BCUT2D eigenvalue weighted by Crippen LogP contribution is -2.61. The quantitative estimate of drug-likeness (QED) is 0.0195. The average Bonchev–Trinajstić information content (AvgIpc) is 3.61. The summed E-state index contributed by atoms with van der Waals surface area (Å²) in [6, 6.07) is -1.04. The molecule has 1 saturated heterocycles. The summed E-state index contributed by atoms with van der Waals surface area (Å²) in [7, 11) is 0. The normalized spacial score (nSPS) is 19.1. The first-order chi connectivity index (χ1) is 40.7. The molecule has 1 rings (SSSR count). The molecule has 0 aromatic carbocycles. The number of allylic oxidation sites excluding steroid dienone is 13. The van der Waals surface area contributed by atoms with Gasteiger partial charge < -0.3 is 45.1 Å². The van der Waals surface area contributed by atoms with E-state index in [0.29, 0.717) is 12.8 Å². The van der Waals surface area contributed by atoms with E-state index in [1.807, 2.05) is 6.08 Å². The van der Waals surface area contributed by atoms with E-state index in [0.717, 1.165) is 89.9 Å². The lowest BCUT2D eigenvalue weighted by Gasteiger charge is -2.41. The van der Waals surface area contributed by atoms with Crippen LogP contribution >= 0.6 is 0 Å². The van der Waals surface area contributed by atoms with E-state index in [1.54, 1.807) is 6.08 Å². The fourth-order valence-corrected chi connectivity index (χ4v) is 10.3. The molecule has 0 saturated carbocycles. The Kier molecular flexibility index (Phi) is 55.5. The van der Waals surface area contributed by atoms with Crippen LogP contribution in [0.15, 0.2) is 85.1 Å². The Morgan fingerprint density at radius 1 is 0.470 bits per heavy atom. The van der Waals surface area contributed by atoms with E-state index >= 15 is 0 Å². The van der Waals surface area contributed by atoms with E-state index < -0.39 is 67.4 Å². The van der Waals surface area contributed by atoms with E-state index in [4.69, 9.17) is 14.2 Å². The highest BCUT2D eigenvalue weighted by molar-refractivity contribution is 5.80. The van der Waals surface area contributed by atoms with Crippen molar-refractivity contribution in [1.29, 1.82) is 0 Å². The third-order valence-electron chi connectivity index (χ3n) is 15.8. The lowest BCUT2D eigenvalue weighted by atomic mass is 9.99. The Bertz CT molecular complexity index is 1670. The minimum Gasteiger partial charge on any atom is -0.454 e. The van der Waals surface area contributed by atoms with Gasteiger partial charge >= 0.3 is 5.97 Å². The van der Waals surface area contributed by atoms with Crippen LogP contribution in [-0.4, -0.2) is 99.6 Å². The maximum atomic E-state index is 13.4. The zero-order chi connectivity index (χ0) is 60.3. The van der Waals surface area contributed by atoms with Gasteiger partial charge in [-0.15, -0.1) is 0 Å². The molecule has 0 aromatic rings. The summed E-state index contributed by atoms with van der Waals surface area (Å²) in [4.78, 5) is 26.6. The van der Waals surface area contributed by atoms with Crippen LogP contribution in [0.25, 0.3) is 0 Å². The molecule has 480 valence electrons. The largest absolute Gasteiger partial charge is 0.454 e. The number of aliphatic hydroxyl groups excluding tert-OH is 5. The fourth-order valence-electron chi connectivity index (χ4n) is 10.3. The first kappa shape index (κ1) is 77.9. The first-order valence-corrected chi connectivity index (χ1v) is 34.4. The summed E-state index contributed by atoms with van der Waals surface area (Å²) < 4.78 is 17.7. The number of aliphatic hydroxyl groups is 5. The molecule has 83 heavy (non-hydrogen) atoms. The Hall–Kier alpha value is -3.16. The predicted octanol–water partition coefficient (Wildman–Crippen LogP) is 17.3. The summed E-state index contributed by atoms with van der Waals surface area (Å²) in [5, 5.41) is 57.1. The smallest absolute Gasteiger partial charge is 0.306 e. The van der Waals surface area contributed by atoms with Crippen LogP contribution in [0.5, 0.6) is 0 Å². The summed E-state index contributed by atoms with van der Waals surface area (Å²) in [5.74, 6) is -1.21. The van der Waals surface area contributed by atoms with Gasteiger partial charge in [0.1, 0.15) is 24.4 Å². The van der Waals surface area contributed by atoms with Gasteiger partial charge in [-0.2, -0.15) is 0 Å². The van der Waals surface area contributed by atoms with Gasteiger partial charge in [-0.1, -0.05) is 273 Å². The van der Waals surface area contributed by atoms with Gasteiger partial charge in [-0.3, -0.25) is 9.59 Å². The molecule has 0 bridgehead atoms. The van der Waals surface area contributed by atoms with Gasteiger partial charge in [0.05, 0.1) is 25.4 Å². The number of rotatable bonds is 58. The number of hydrogen-bond donors (Lipinski definition) is 6. The molecule has 0 radical (unpaired) electrons.